The van der Waals surface area contributed by atoms with Gasteiger partial charge >= 0.3 is 0 Å². The highest BCUT2D eigenvalue weighted by Crippen LogP contribution is 2.36. The molecule has 4 heteroatoms. The van der Waals surface area contributed by atoms with Gasteiger partial charge < -0.3 is 5.11 Å². The minimum absolute atomic E-state index is 0.0971. The second-order valence-electron chi connectivity index (χ2n) is 9.44. The van der Waals surface area contributed by atoms with Gasteiger partial charge in [-0.25, -0.2) is 0 Å². The Bertz CT molecular complexity index is 745. The molecule has 0 amide bonds. The lowest BCUT2D eigenvalue weighted by Gasteiger charge is -2.47. The fourth-order valence-electron chi connectivity index (χ4n) is 5.47. The van der Waals surface area contributed by atoms with Crippen LogP contribution < -0.4 is 0 Å². The number of pyridine rings is 1. The van der Waals surface area contributed by atoms with Crippen molar-refractivity contribution in [3.8, 4) is 0 Å². The molecule has 2 saturated heterocycles. The summed E-state index contributed by atoms with van der Waals surface area (Å²) in [6.45, 7) is 5.95. The third-order valence-corrected chi connectivity index (χ3v) is 7.24. The normalized spacial score (nSPS) is 24.2. The number of aryl methyl sites for hydroxylation is 1. The largest absolute Gasteiger partial charge is 0.396 e. The molecule has 0 radical (unpaired) electrons. The van der Waals surface area contributed by atoms with E-state index in [1.54, 1.807) is 0 Å². The summed E-state index contributed by atoms with van der Waals surface area (Å²) in [6, 6.07) is 15.7. The van der Waals surface area contributed by atoms with E-state index in [0.717, 1.165) is 39.0 Å². The highest BCUT2D eigenvalue weighted by Gasteiger charge is 2.37. The summed E-state index contributed by atoms with van der Waals surface area (Å²) in [5, 5.41) is 10.3. The summed E-state index contributed by atoms with van der Waals surface area (Å²) in [5.74, 6) is 0. The summed E-state index contributed by atoms with van der Waals surface area (Å²) < 4.78 is 0. The lowest BCUT2D eigenvalue weighted by Crippen LogP contribution is -2.52. The molecular weight excluding hydrogens is 370 g/mol. The minimum Gasteiger partial charge on any atom is -0.396 e. The molecule has 0 saturated carbocycles. The standard InChI is InChI=1S/C26H37N3O/c30-22-26(13-4-9-23-7-2-1-3-8-23)14-6-16-29(21-26)25-11-17-28(18-12-25)20-24-10-5-15-27-19-24/h1-3,5,7-8,10,15,19,25,30H,4,6,9,11-14,16-18,20-22H2/t26-/m0/s1. The molecule has 2 aliphatic heterocycles. The number of piperidine rings is 2. The van der Waals surface area contributed by atoms with Crippen molar-refractivity contribution in [2.24, 2.45) is 5.41 Å². The summed E-state index contributed by atoms with van der Waals surface area (Å²) in [4.78, 5) is 9.53. The van der Waals surface area contributed by atoms with Gasteiger partial charge in [-0.05, 0) is 81.8 Å². The molecule has 1 atom stereocenters. The fraction of sp³-hybridized carbons (Fsp3) is 0.577. The van der Waals surface area contributed by atoms with Gasteiger partial charge in [0.2, 0.25) is 0 Å². The number of hydrogen-bond acceptors (Lipinski definition) is 4. The number of rotatable bonds is 8. The van der Waals surface area contributed by atoms with E-state index in [9.17, 15) is 5.11 Å². The predicted molar refractivity (Wildman–Crippen MR) is 122 cm³/mol. The quantitative estimate of drug-likeness (QED) is 0.714. The van der Waals surface area contributed by atoms with Crippen molar-refractivity contribution in [1.29, 1.82) is 0 Å². The Hall–Kier alpha value is -1.75. The Balaban J connectivity index is 1.26. The second kappa shape index (κ2) is 10.5. The maximum atomic E-state index is 10.3. The molecule has 0 spiro atoms. The summed E-state index contributed by atoms with van der Waals surface area (Å²) in [7, 11) is 0. The topological polar surface area (TPSA) is 39.6 Å². The molecule has 1 N–H and O–H groups in total. The van der Waals surface area contributed by atoms with Crippen molar-refractivity contribution >= 4 is 0 Å². The zero-order valence-electron chi connectivity index (χ0n) is 18.3. The van der Waals surface area contributed by atoms with Gasteiger partial charge in [-0.15, -0.1) is 0 Å². The monoisotopic (exact) mass is 407 g/mol. The smallest absolute Gasteiger partial charge is 0.0499 e. The van der Waals surface area contributed by atoms with Crippen molar-refractivity contribution in [2.45, 2.75) is 57.5 Å². The minimum atomic E-state index is 0.0971. The van der Waals surface area contributed by atoms with Crippen molar-refractivity contribution in [2.75, 3.05) is 32.8 Å². The highest BCUT2D eigenvalue weighted by atomic mass is 16.3. The average molecular weight is 408 g/mol. The van der Waals surface area contributed by atoms with Gasteiger partial charge in [0.05, 0.1) is 0 Å². The third-order valence-electron chi connectivity index (χ3n) is 7.24. The number of hydrogen-bond donors (Lipinski definition) is 1. The van der Waals surface area contributed by atoms with E-state index in [-0.39, 0.29) is 5.41 Å². The Kier molecular flexibility index (Phi) is 7.53. The first kappa shape index (κ1) is 21.5. The molecule has 2 fully saturated rings. The van der Waals surface area contributed by atoms with Gasteiger partial charge in [0, 0.05) is 43.5 Å². The lowest BCUT2D eigenvalue weighted by atomic mass is 9.75. The van der Waals surface area contributed by atoms with Crippen molar-refractivity contribution in [3.63, 3.8) is 0 Å². The van der Waals surface area contributed by atoms with Crippen LogP contribution in [0.15, 0.2) is 54.9 Å². The maximum Gasteiger partial charge on any atom is 0.0499 e. The molecule has 4 rings (SSSR count). The number of aromatic nitrogens is 1. The van der Waals surface area contributed by atoms with Gasteiger partial charge in [-0.2, -0.15) is 0 Å². The molecule has 1 aromatic heterocycles. The summed E-state index contributed by atoms with van der Waals surface area (Å²) >= 11 is 0. The first-order valence-electron chi connectivity index (χ1n) is 11.8. The first-order chi connectivity index (χ1) is 14.8. The van der Waals surface area contributed by atoms with Crippen LogP contribution in [0.3, 0.4) is 0 Å². The van der Waals surface area contributed by atoms with Crippen LogP contribution in [0.1, 0.15) is 49.7 Å². The van der Waals surface area contributed by atoms with E-state index in [4.69, 9.17) is 0 Å². The summed E-state index contributed by atoms with van der Waals surface area (Å²) in [5.41, 5.74) is 2.82. The molecule has 0 unspecified atom stereocenters. The van der Waals surface area contributed by atoms with Gasteiger partial charge in [0.15, 0.2) is 0 Å². The Labute approximate surface area is 181 Å². The lowest BCUT2D eigenvalue weighted by molar-refractivity contribution is -0.00918. The Morgan fingerprint density at radius 1 is 1.00 bits per heavy atom. The van der Waals surface area contributed by atoms with Crippen LogP contribution in [-0.4, -0.2) is 58.7 Å². The van der Waals surface area contributed by atoms with Crippen LogP contribution in [0.25, 0.3) is 0 Å². The number of aliphatic hydroxyl groups excluding tert-OH is 1. The van der Waals surface area contributed by atoms with Crippen LogP contribution in [0.2, 0.25) is 0 Å². The zero-order valence-corrected chi connectivity index (χ0v) is 18.3. The molecule has 0 aliphatic carbocycles. The molecule has 30 heavy (non-hydrogen) atoms. The first-order valence-corrected chi connectivity index (χ1v) is 11.8. The molecular formula is C26H37N3O. The molecule has 4 nitrogen and oxygen atoms in total. The maximum absolute atomic E-state index is 10.3. The third kappa shape index (κ3) is 5.69. The van der Waals surface area contributed by atoms with Crippen molar-refractivity contribution in [1.82, 2.24) is 14.8 Å². The SMILES string of the molecule is OC[C@@]1(CCCc2ccccc2)CCCN(C2CCN(Cc3cccnc3)CC2)C1. The molecule has 0 bridgehead atoms. The van der Waals surface area contributed by atoms with Gasteiger partial charge in [0.1, 0.15) is 0 Å². The van der Waals surface area contributed by atoms with Crippen molar-refractivity contribution < 1.29 is 5.11 Å². The van der Waals surface area contributed by atoms with Crippen LogP contribution >= 0.6 is 0 Å². The summed E-state index contributed by atoms with van der Waals surface area (Å²) in [6.07, 6.45) is 12.1. The van der Waals surface area contributed by atoms with E-state index in [0.29, 0.717) is 12.6 Å². The number of nitrogens with zero attached hydrogens (tertiary/aromatic N) is 3. The number of aliphatic hydroxyl groups is 1. The fourth-order valence-corrected chi connectivity index (χ4v) is 5.47. The number of likely N-dealkylation sites (tertiary alicyclic amines) is 2. The molecule has 162 valence electrons. The van der Waals surface area contributed by atoms with Crippen molar-refractivity contribution in [3.05, 3.63) is 66.0 Å². The van der Waals surface area contributed by atoms with Gasteiger partial charge in [-0.1, -0.05) is 36.4 Å². The van der Waals surface area contributed by atoms with Crippen LogP contribution in [0.5, 0.6) is 0 Å². The molecule has 1 aromatic carbocycles. The Morgan fingerprint density at radius 2 is 1.80 bits per heavy atom. The van der Waals surface area contributed by atoms with Crippen LogP contribution in [0, 0.1) is 5.41 Å². The average Bonchev–Trinajstić information content (AvgIpc) is 2.81. The Morgan fingerprint density at radius 3 is 2.53 bits per heavy atom. The van der Waals surface area contributed by atoms with Gasteiger partial charge in [-0.3, -0.25) is 14.8 Å². The molecule has 2 aliphatic rings. The number of benzene rings is 1. The molecule has 2 aromatic rings. The van der Waals surface area contributed by atoms with E-state index in [2.05, 4.69) is 51.2 Å². The van der Waals surface area contributed by atoms with Crippen LogP contribution in [-0.2, 0) is 13.0 Å². The second-order valence-corrected chi connectivity index (χ2v) is 9.44. The predicted octanol–water partition coefficient (Wildman–Crippen LogP) is 4.14. The zero-order chi connectivity index (χ0) is 20.7. The molecule has 3 heterocycles. The van der Waals surface area contributed by atoms with E-state index >= 15 is 0 Å². The highest BCUT2D eigenvalue weighted by molar-refractivity contribution is 5.14. The van der Waals surface area contributed by atoms with Gasteiger partial charge in [0.25, 0.3) is 0 Å². The van der Waals surface area contributed by atoms with E-state index < -0.39 is 0 Å². The van der Waals surface area contributed by atoms with E-state index in [1.165, 1.54) is 49.8 Å². The van der Waals surface area contributed by atoms with E-state index in [1.807, 2.05) is 18.5 Å². The van der Waals surface area contributed by atoms with Crippen LogP contribution in [0.4, 0.5) is 0 Å².